The number of hydrogen-bond acceptors (Lipinski definition) is 6. The van der Waals surface area contributed by atoms with E-state index in [1.807, 2.05) is 0 Å². The number of nitrogens with one attached hydrogen (secondary N) is 1. The van der Waals surface area contributed by atoms with E-state index in [0.717, 1.165) is 0 Å². The van der Waals surface area contributed by atoms with Crippen LogP contribution in [0.15, 0.2) is 30.3 Å². The molecule has 24 heavy (non-hydrogen) atoms. The van der Waals surface area contributed by atoms with Gasteiger partial charge in [-0.3, -0.25) is 14.4 Å². The molecule has 0 bridgehead atoms. The van der Waals surface area contributed by atoms with Crippen molar-refractivity contribution in [1.29, 1.82) is 0 Å². The number of carbonyl (C=O) groups excluding carboxylic acids is 3. The van der Waals surface area contributed by atoms with E-state index in [9.17, 15) is 22.8 Å². The Balaban J connectivity index is 1.66. The molecule has 1 aliphatic rings. The van der Waals surface area contributed by atoms with Gasteiger partial charge in [0.2, 0.25) is 0 Å². The summed E-state index contributed by atoms with van der Waals surface area (Å²) in [7, 11) is -3.08. The summed E-state index contributed by atoms with van der Waals surface area (Å²) < 4.78 is 27.4. The third-order valence-electron chi connectivity index (χ3n) is 3.61. The van der Waals surface area contributed by atoms with Crippen LogP contribution in [0.5, 0.6) is 0 Å². The summed E-state index contributed by atoms with van der Waals surface area (Å²) in [5, 5.41) is 2.52. The summed E-state index contributed by atoms with van der Waals surface area (Å²) in [6.07, 6.45) is 0.262. The molecule has 130 valence electrons. The molecule has 7 nitrogen and oxygen atoms in total. The lowest BCUT2D eigenvalue weighted by Crippen LogP contribution is -2.38. The molecule has 0 saturated carbocycles. The molecule has 0 spiro atoms. The number of Topliss-reactive ketones (excluding diaryl/α,β-unsaturated/α-hetero) is 1. The second kappa shape index (κ2) is 8.05. The summed E-state index contributed by atoms with van der Waals surface area (Å²) in [4.78, 5) is 35.0. The van der Waals surface area contributed by atoms with Crippen molar-refractivity contribution in [3.05, 3.63) is 35.9 Å². The smallest absolute Gasteiger partial charge is 0.306 e. The Morgan fingerprint density at radius 3 is 2.46 bits per heavy atom. The van der Waals surface area contributed by atoms with Crippen molar-refractivity contribution in [2.45, 2.75) is 25.3 Å². The Morgan fingerprint density at radius 2 is 1.83 bits per heavy atom. The van der Waals surface area contributed by atoms with Gasteiger partial charge in [0.15, 0.2) is 22.2 Å². The van der Waals surface area contributed by atoms with E-state index >= 15 is 0 Å². The van der Waals surface area contributed by atoms with Crippen molar-refractivity contribution >= 4 is 27.5 Å². The van der Waals surface area contributed by atoms with Crippen LogP contribution < -0.4 is 5.32 Å². The van der Waals surface area contributed by atoms with Crippen LogP contribution in [0, 0.1) is 0 Å². The molecular weight excluding hydrogens is 334 g/mol. The molecule has 1 saturated heterocycles. The van der Waals surface area contributed by atoms with Crippen LogP contribution in [-0.4, -0.2) is 50.2 Å². The van der Waals surface area contributed by atoms with Gasteiger partial charge in [0, 0.05) is 18.0 Å². The fourth-order valence-corrected chi connectivity index (χ4v) is 4.05. The number of benzene rings is 1. The lowest BCUT2D eigenvalue weighted by molar-refractivity contribution is -0.148. The van der Waals surface area contributed by atoms with Gasteiger partial charge in [0.25, 0.3) is 5.91 Å². The summed E-state index contributed by atoms with van der Waals surface area (Å²) >= 11 is 0. The zero-order chi connectivity index (χ0) is 17.6. The largest absolute Gasteiger partial charge is 0.456 e. The number of amides is 1. The number of esters is 1. The first-order chi connectivity index (χ1) is 11.4. The first-order valence-corrected chi connectivity index (χ1v) is 9.41. The van der Waals surface area contributed by atoms with Crippen molar-refractivity contribution in [2.24, 2.45) is 0 Å². The summed E-state index contributed by atoms with van der Waals surface area (Å²) in [5.41, 5.74) is 0.519. The Labute approximate surface area is 140 Å². The van der Waals surface area contributed by atoms with Crippen LogP contribution in [0.25, 0.3) is 0 Å². The molecule has 1 atom stereocenters. The van der Waals surface area contributed by atoms with Gasteiger partial charge in [0.1, 0.15) is 0 Å². The van der Waals surface area contributed by atoms with Crippen molar-refractivity contribution in [3.8, 4) is 0 Å². The standard InChI is InChI=1S/C16H19NO6S/c18-14(12-4-2-1-3-5-12)6-7-16(20)23-10-15(19)17-13-8-9-24(21,22)11-13/h1-5,13H,6-11H2,(H,17,19)/t13-/m0/s1. The van der Waals surface area contributed by atoms with Gasteiger partial charge >= 0.3 is 5.97 Å². The lowest BCUT2D eigenvalue weighted by atomic mass is 10.1. The van der Waals surface area contributed by atoms with Crippen molar-refractivity contribution in [1.82, 2.24) is 5.32 Å². The Kier molecular flexibility index (Phi) is 6.08. The predicted octanol–water partition coefficient (Wildman–Crippen LogP) is 0.496. The average molecular weight is 353 g/mol. The van der Waals surface area contributed by atoms with E-state index in [1.165, 1.54) is 0 Å². The van der Waals surface area contributed by atoms with Gasteiger partial charge in [0.05, 0.1) is 17.9 Å². The molecule has 1 amide bonds. The minimum absolute atomic E-state index is 0.00529. The summed E-state index contributed by atoms with van der Waals surface area (Å²) in [5.74, 6) is -1.39. The van der Waals surface area contributed by atoms with Crippen LogP contribution in [0.3, 0.4) is 0 Å². The van der Waals surface area contributed by atoms with Gasteiger partial charge in [-0.15, -0.1) is 0 Å². The lowest BCUT2D eigenvalue weighted by Gasteiger charge is -2.10. The number of rotatable bonds is 7. The SMILES string of the molecule is O=C(COC(=O)CCC(=O)c1ccccc1)N[C@H]1CCS(=O)(=O)C1. The molecule has 1 aromatic rings. The maximum Gasteiger partial charge on any atom is 0.306 e. The molecular formula is C16H19NO6S. The maximum absolute atomic E-state index is 11.8. The normalized spacial score (nSPS) is 18.8. The minimum Gasteiger partial charge on any atom is -0.456 e. The van der Waals surface area contributed by atoms with Crippen LogP contribution in [0.2, 0.25) is 0 Å². The Hall–Kier alpha value is -2.22. The highest BCUT2D eigenvalue weighted by Gasteiger charge is 2.29. The summed E-state index contributed by atoms with van der Waals surface area (Å²) in [6.45, 7) is -0.477. The van der Waals surface area contributed by atoms with E-state index < -0.39 is 34.4 Å². The molecule has 2 rings (SSSR count). The molecule has 8 heteroatoms. The van der Waals surface area contributed by atoms with Crippen molar-refractivity contribution in [2.75, 3.05) is 18.1 Å². The number of carbonyl (C=O) groups is 3. The average Bonchev–Trinajstić information content (AvgIpc) is 2.90. The van der Waals surface area contributed by atoms with Gasteiger partial charge in [-0.05, 0) is 6.42 Å². The van der Waals surface area contributed by atoms with E-state index in [1.54, 1.807) is 30.3 Å². The fraction of sp³-hybridized carbons (Fsp3) is 0.438. The van der Waals surface area contributed by atoms with E-state index in [2.05, 4.69) is 5.32 Å². The van der Waals surface area contributed by atoms with Gasteiger partial charge < -0.3 is 10.1 Å². The fourth-order valence-electron chi connectivity index (χ4n) is 2.38. The number of ketones is 1. The van der Waals surface area contributed by atoms with E-state index in [4.69, 9.17) is 4.74 Å². The van der Waals surface area contributed by atoms with Crippen molar-refractivity contribution in [3.63, 3.8) is 0 Å². The molecule has 0 aliphatic carbocycles. The van der Waals surface area contributed by atoms with Crippen LogP contribution in [0.1, 0.15) is 29.6 Å². The highest BCUT2D eigenvalue weighted by molar-refractivity contribution is 7.91. The number of sulfone groups is 1. The maximum atomic E-state index is 11.8. The van der Waals surface area contributed by atoms with Gasteiger partial charge in [-0.25, -0.2) is 8.42 Å². The molecule has 0 aromatic heterocycles. The Morgan fingerprint density at radius 1 is 1.12 bits per heavy atom. The van der Waals surface area contributed by atoms with Crippen LogP contribution in [-0.2, 0) is 24.2 Å². The highest BCUT2D eigenvalue weighted by Crippen LogP contribution is 2.11. The highest BCUT2D eigenvalue weighted by atomic mass is 32.2. The minimum atomic E-state index is -3.08. The first kappa shape index (κ1) is 18.1. The van der Waals surface area contributed by atoms with Crippen LogP contribution in [0.4, 0.5) is 0 Å². The molecule has 0 unspecified atom stereocenters. The van der Waals surface area contributed by atoms with E-state index in [-0.39, 0.29) is 30.1 Å². The number of hydrogen-bond donors (Lipinski definition) is 1. The number of ether oxygens (including phenoxy) is 1. The topological polar surface area (TPSA) is 107 Å². The molecule has 1 aromatic carbocycles. The van der Waals surface area contributed by atoms with Gasteiger partial charge in [-0.1, -0.05) is 30.3 Å². The summed E-state index contributed by atoms with van der Waals surface area (Å²) in [6, 6.07) is 8.16. The molecule has 1 aliphatic heterocycles. The zero-order valence-corrected chi connectivity index (χ0v) is 13.9. The molecule has 0 radical (unpaired) electrons. The molecule has 1 fully saturated rings. The monoisotopic (exact) mass is 353 g/mol. The molecule has 1 heterocycles. The first-order valence-electron chi connectivity index (χ1n) is 7.59. The zero-order valence-electron chi connectivity index (χ0n) is 13.1. The predicted molar refractivity (Wildman–Crippen MR) is 86.2 cm³/mol. The quantitative estimate of drug-likeness (QED) is 0.565. The Bertz CT molecular complexity index is 713. The van der Waals surface area contributed by atoms with Gasteiger partial charge in [-0.2, -0.15) is 0 Å². The van der Waals surface area contributed by atoms with Crippen molar-refractivity contribution < 1.29 is 27.5 Å². The third-order valence-corrected chi connectivity index (χ3v) is 5.38. The van der Waals surface area contributed by atoms with E-state index in [0.29, 0.717) is 12.0 Å². The third kappa shape index (κ3) is 5.77. The second-order valence-electron chi connectivity index (χ2n) is 5.62. The molecule has 1 N–H and O–H groups in total. The second-order valence-corrected chi connectivity index (χ2v) is 7.85. The van der Waals surface area contributed by atoms with Crippen LogP contribution >= 0.6 is 0 Å².